The number of hydrogen-bond acceptors (Lipinski definition) is 3. The van der Waals surface area contributed by atoms with E-state index in [1.165, 1.54) is 22.3 Å². The van der Waals surface area contributed by atoms with Gasteiger partial charge in [-0.05, 0) is 44.5 Å². The molecule has 2 aromatic rings. The molecule has 1 fully saturated rings. The van der Waals surface area contributed by atoms with Crippen molar-refractivity contribution in [2.45, 2.75) is 33.4 Å². The summed E-state index contributed by atoms with van der Waals surface area (Å²) in [6.07, 6.45) is 1.11. The highest BCUT2D eigenvalue weighted by Gasteiger charge is 2.19. The molecule has 0 unspecified atom stereocenters. The van der Waals surface area contributed by atoms with Crippen LogP contribution in [0.3, 0.4) is 0 Å². The molecule has 0 radical (unpaired) electrons. The maximum absolute atomic E-state index is 12.7. The molecule has 1 aliphatic heterocycles. The summed E-state index contributed by atoms with van der Waals surface area (Å²) in [5, 5.41) is 0. The van der Waals surface area contributed by atoms with E-state index in [0.29, 0.717) is 13.1 Å². The molecule has 0 aliphatic carbocycles. The first-order valence-electron chi connectivity index (χ1n) is 10.3. The summed E-state index contributed by atoms with van der Waals surface area (Å²) < 4.78 is 0. The summed E-state index contributed by atoms with van der Waals surface area (Å²) in [4.78, 5) is 19.3. The van der Waals surface area contributed by atoms with E-state index < -0.39 is 0 Å². The van der Waals surface area contributed by atoms with Gasteiger partial charge in [0.15, 0.2) is 0 Å². The minimum absolute atomic E-state index is 0.201. The first-order valence-corrected chi connectivity index (χ1v) is 10.3. The summed E-state index contributed by atoms with van der Waals surface area (Å²) in [6, 6.07) is 17.2. The Bertz CT molecular complexity index is 754. The van der Waals surface area contributed by atoms with Crippen molar-refractivity contribution in [3.05, 3.63) is 70.8 Å². The van der Waals surface area contributed by atoms with E-state index in [1.807, 2.05) is 11.9 Å². The predicted molar refractivity (Wildman–Crippen MR) is 115 cm³/mol. The van der Waals surface area contributed by atoms with Crippen molar-refractivity contribution in [1.82, 2.24) is 14.7 Å². The molecule has 3 rings (SSSR count). The second-order valence-corrected chi connectivity index (χ2v) is 8.13. The second-order valence-electron chi connectivity index (χ2n) is 8.13. The van der Waals surface area contributed by atoms with E-state index in [-0.39, 0.29) is 5.91 Å². The maximum atomic E-state index is 12.7. The fourth-order valence-corrected chi connectivity index (χ4v) is 3.66. The molecular weight excluding hydrogens is 346 g/mol. The Morgan fingerprint density at radius 1 is 0.821 bits per heavy atom. The van der Waals surface area contributed by atoms with Crippen LogP contribution < -0.4 is 0 Å². The van der Waals surface area contributed by atoms with Crippen molar-refractivity contribution in [1.29, 1.82) is 0 Å². The highest BCUT2D eigenvalue weighted by atomic mass is 16.2. The Kier molecular flexibility index (Phi) is 7.24. The van der Waals surface area contributed by atoms with E-state index in [1.54, 1.807) is 0 Å². The molecule has 2 aromatic carbocycles. The third kappa shape index (κ3) is 6.18. The lowest BCUT2D eigenvalue weighted by molar-refractivity contribution is -0.131. The molecule has 1 amide bonds. The van der Waals surface area contributed by atoms with Crippen LogP contribution in [-0.4, -0.2) is 60.4 Å². The number of amides is 1. The third-order valence-electron chi connectivity index (χ3n) is 5.53. The van der Waals surface area contributed by atoms with Gasteiger partial charge in [0, 0.05) is 33.2 Å². The quantitative estimate of drug-likeness (QED) is 0.769. The van der Waals surface area contributed by atoms with Gasteiger partial charge >= 0.3 is 0 Å². The molecule has 28 heavy (non-hydrogen) atoms. The van der Waals surface area contributed by atoms with Gasteiger partial charge in [0.05, 0.1) is 6.54 Å². The van der Waals surface area contributed by atoms with Crippen LogP contribution in [0, 0.1) is 13.8 Å². The minimum Gasteiger partial charge on any atom is -0.340 e. The van der Waals surface area contributed by atoms with E-state index in [9.17, 15) is 4.79 Å². The normalized spacial score (nSPS) is 16.0. The van der Waals surface area contributed by atoms with E-state index in [0.717, 1.165) is 39.1 Å². The zero-order valence-corrected chi connectivity index (χ0v) is 17.5. The lowest BCUT2D eigenvalue weighted by atomic mass is 10.1. The lowest BCUT2D eigenvalue weighted by Crippen LogP contribution is -2.39. The van der Waals surface area contributed by atoms with E-state index in [2.05, 4.69) is 72.2 Å². The van der Waals surface area contributed by atoms with E-state index in [4.69, 9.17) is 0 Å². The molecule has 1 heterocycles. The molecule has 1 aliphatic rings. The average Bonchev–Trinajstić information content (AvgIpc) is 2.90. The van der Waals surface area contributed by atoms with Crippen LogP contribution in [-0.2, 0) is 17.9 Å². The van der Waals surface area contributed by atoms with Crippen LogP contribution >= 0.6 is 0 Å². The van der Waals surface area contributed by atoms with Gasteiger partial charge in [0.2, 0.25) is 5.91 Å². The largest absolute Gasteiger partial charge is 0.340 e. The zero-order valence-electron chi connectivity index (χ0n) is 17.5. The number of nitrogens with zero attached hydrogens (tertiary/aromatic N) is 3. The number of aryl methyl sites for hydroxylation is 2. The van der Waals surface area contributed by atoms with Crippen LogP contribution in [0.5, 0.6) is 0 Å². The first kappa shape index (κ1) is 20.6. The second kappa shape index (κ2) is 9.85. The fraction of sp³-hybridized carbons (Fsp3) is 0.458. The lowest BCUT2D eigenvalue weighted by Gasteiger charge is -2.24. The Hall–Kier alpha value is -2.17. The molecule has 0 atom stereocenters. The number of hydrogen-bond donors (Lipinski definition) is 0. The molecule has 4 nitrogen and oxygen atoms in total. The number of benzene rings is 2. The number of carbonyl (C=O) groups excluding carboxylic acids is 1. The van der Waals surface area contributed by atoms with Gasteiger partial charge in [-0.1, -0.05) is 59.7 Å². The Morgan fingerprint density at radius 3 is 2.00 bits per heavy atom. The monoisotopic (exact) mass is 379 g/mol. The number of rotatable bonds is 6. The molecule has 0 bridgehead atoms. The average molecular weight is 380 g/mol. The van der Waals surface area contributed by atoms with Crippen LogP contribution in [0.1, 0.15) is 28.7 Å². The van der Waals surface area contributed by atoms with Gasteiger partial charge in [-0.3, -0.25) is 14.6 Å². The first-order chi connectivity index (χ1) is 13.5. The molecule has 0 aromatic heterocycles. The Morgan fingerprint density at radius 2 is 1.36 bits per heavy atom. The van der Waals surface area contributed by atoms with Gasteiger partial charge in [0.1, 0.15) is 0 Å². The number of likely N-dealkylation sites (N-methyl/N-ethyl adjacent to an activating group) is 1. The fourth-order valence-electron chi connectivity index (χ4n) is 3.66. The molecule has 1 saturated heterocycles. The summed E-state index contributed by atoms with van der Waals surface area (Å²) in [6.45, 7) is 10.5. The van der Waals surface area contributed by atoms with Crippen molar-refractivity contribution < 1.29 is 4.79 Å². The third-order valence-corrected chi connectivity index (χ3v) is 5.53. The molecule has 0 saturated carbocycles. The van der Waals surface area contributed by atoms with Gasteiger partial charge in [-0.25, -0.2) is 0 Å². The SMILES string of the molecule is Cc1ccc(CN2CCCN(CC(=O)N(C)Cc3ccc(C)cc3)CC2)cc1. The van der Waals surface area contributed by atoms with Crippen LogP contribution in [0.4, 0.5) is 0 Å². The van der Waals surface area contributed by atoms with Crippen LogP contribution in [0.25, 0.3) is 0 Å². The molecule has 4 heteroatoms. The van der Waals surface area contributed by atoms with Gasteiger partial charge in [-0.2, -0.15) is 0 Å². The molecule has 150 valence electrons. The molecule has 0 N–H and O–H groups in total. The highest BCUT2D eigenvalue weighted by Crippen LogP contribution is 2.11. The van der Waals surface area contributed by atoms with Crippen molar-refractivity contribution in [3.63, 3.8) is 0 Å². The van der Waals surface area contributed by atoms with Gasteiger partial charge in [-0.15, -0.1) is 0 Å². The topological polar surface area (TPSA) is 26.8 Å². The predicted octanol–water partition coefficient (Wildman–Crippen LogP) is 3.47. The smallest absolute Gasteiger partial charge is 0.236 e. The Labute approximate surface area is 169 Å². The summed E-state index contributed by atoms with van der Waals surface area (Å²) in [5.74, 6) is 0.201. The van der Waals surface area contributed by atoms with Crippen molar-refractivity contribution in [3.8, 4) is 0 Å². The van der Waals surface area contributed by atoms with Crippen molar-refractivity contribution in [2.24, 2.45) is 0 Å². The van der Waals surface area contributed by atoms with Gasteiger partial charge < -0.3 is 4.90 Å². The summed E-state index contributed by atoms with van der Waals surface area (Å²) >= 11 is 0. The number of carbonyl (C=O) groups is 1. The van der Waals surface area contributed by atoms with Crippen molar-refractivity contribution in [2.75, 3.05) is 39.8 Å². The summed E-state index contributed by atoms with van der Waals surface area (Å²) in [5.41, 5.74) is 5.10. The van der Waals surface area contributed by atoms with Crippen molar-refractivity contribution >= 4 is 5.91 Å². The van der Waals surface area contributed by atoms with E-state index >= 15 is 0 Å². The highest BCUT2D eigenvalue weighted by molar-refractivity contribution is 5.78. The minimum atomic E-state index is 0.201. The van der Waals surface area contributed by atoms with Gasteiger partial charge in [0.25, 0.3) is 0 Å². The molecule has 0 spiro atoms. The van der Waals surface area contributed by atoms with Crippen LogP contribution in [0.2, 0.25) is 0 Å². The zero-order chi connectivity index (χ0) is 19.9. The maximum Gasteiger partial charge on any atom is 0.236 e. The standard InChI is InChI=1S/C24H33N3O/c1-20-5-9-22(10-6-20)17-25(3)24(28)19-27-14-4-13-26(15-16-27)18-23-11-7-21(2)8-12-23/h5-12H,4,13-19H2,1-3H3. The Balaban J connectivity index is 1.46. The molecular formula is C24H33N3O. The summed E-state index contributed by atoms with van der Waals surface area (Å²) in [7, 11) is 1.91. The van der Waals surface area contributed by atoms with Crippen LogP contribution in [0.15, 0.2) is 48.5 Å².